The van der Waals surface area contributed by atoms with E-state index in [4.69, 9.17) is 0 Å². The van der Waals surface area contributed by atoms with E-state index in [9.17, 15) is 4.79 Å². The van der Waals surface area contributed by atoms with E-state index in [1.807, 2.05) is 13.8 Å². The topological polar surface area (TPSA) is 17.1 Å². The lowest BCUT2D eigenvalue weighted by Crippen LogP contribution is -2.21. The fraction of sp³-hybridized carbons (Fsp3) is 0.933. The Morgan fingerprint density at radius 2 is 1.44 bits per heavy atom. The summed E-state index contributed by atoms with van der Waals surface area (Å²) in [6.45, 7) is 13.0. The van der Waals surface area contributed by atoms with Crippen molar-refractivity contribution < 1.29 is 4.79 Å². The van der Waals surface area contributed by atoms with Gasteiger partial charge in [0.25, 0.3) is 0 Å². The highest BCUT2D eigenvalue weighted by atomic mass is 16.1. The molecule has 0 amide bonds. The van der Waals surface area contributed by atoms with Crippen LogP contribution in [0.5, 0.6) is 0 Å². The van der Waals surface area contributed by atoms with E-state index >= 15 is 0 Å². The molecule has 96 valence electrons. The van der Waals surface area contributed by atoms with Crippen LogP contribution in [0.4, 0.5) is 0 Å². The van der Waals surface area contributed by atoms with Crippen molar-refractivity contribution in [3.05, 3.63) is 0 Å². The van der Waals surface area contributed by atoms with E-state index in [2.05, 4.69) is 27.7 Å². The highest BCUT2D eigenvalue weighted by molar-refractivity contribution is 5.82. The van der Waals surface area contributed by atoms with Gasteiger partial charge in [0, 0.05) is 11.8 Å². The molecule has 1 atom stereocenters. The number of Topliss-reactive ketones (excluding diaryl/α,β-unsaturated/α-hetero) is 1. The van der Waals surface area contributed by atoms with Crippen LogP contribution in [0.15, 0.2) is 0 Å². The summed E-state index contributed by atoms with van der Waals surface area (Å²) < 4.78 is 0. The van der Waals surface area contributed by atoms with E-state index < -0.39 is 0 Å². The normalized spacial score (nSPS) is 13.8. The van der Waals surface area contributed by atoms with Crippen molar-refractivity contribution in [2.24, 2.45) is 23.7 Å². The van der Waals surface area contributed by atoms with Gasteiger partial charge in [-0.2, -0.15) is 0 Å². The monoisotopic (exact) mass is 226 g/mol. The standard InChI is InChI=1S/C15H30O/c1-11(2)8-7-9-14(10-12(3)4)15(16)13(5)6/h11-14H,7-10H2,1-6H3/t14-/m1/s1. The van der Waals surface area contributed by atoms with Crippen LogP contribution < -0.4 is 0 Å². The smallest absolute Gasteiger partial charge is 0.138 e. The maximum absolute atomic E-state index is 12.1. The van der Waals surface area contributed by atoms with Gasteiger partial charge in [0.05, 0.1) is 0 Å². The Kier molecular flexibility index (Phi) is 7.70. The Balaban J connectivity index is 4.15. The van der Waals surface area contributed by atoms with Crippen LogP contribution in [0.25, 0.3) is 0 Å². The van der Waals surface area contributed by atoms with Crippen molar-refractivity contribution in [3.63, 3.8) is 0 Å². The first-order chi connectivity index (χ1) is 7.34. The average molecular weight is 226 g/mol. The highest BCUT2D eigenvalue weighted by Crippen LogP contribution is 2.23. The van der Waals surface area contributed by atoms with Crippen LogP contribution in [-0.2, 0) is 4.79 Å². The second-order valence-corrected chi connectivity index (χ2v) is 6.21. The quantitative estimate of drug-likeness (QED) is 0.586. The molecule has 1 heteroatoms. The summed E-state index contributed by atoms with van der Waals surface area (Å²) in [7, 11) is 0. The summed E-state index contributed by atoms with van der Waals surface area (Å²) in [5.74, 6) is 2.36. The molecule has 0 heterocycles. The van der Waals surface area contributed by atoms with Gasteiger partial charge in [-0.15, -0.1) is 0 Å². The van der Waals surface area contributed by atoms with Gasteiger partial charge in [-0.25, -0.2) is 0 Å². The maximum Gasteiger partial charge on any atom is 0.138 e. The van der Waals surface area contributed by atoms with Gasteiger partial charge in [0.1, 0.15) is 5.78 Å². The molecule has 0 aliphatic carbocycles. The van der Waals surface area contributed by atoms with Gasteiger partial charge < -0.3 is 0 Å². The van der Waals surface area contributed by atoms with Gasteiger partial charge >= 0.3 is 0 Å². The molecule has 0 unspecified atom stereocenters. The van der Waals surface area contributed by atoms with Crippen molar-refractivity contribution in [2.75, 3.05) is 0 Å². The molecule has 0 rings (SSSR count). The molecule has 0 N–H and O–H groups in total. The lowest BCUT2D eigenvalue weighted by Gasteiger charge is -2.20. The predicted octanol–water partition coefficient (Wildman–Crippen LogP) is 4.70. The second-order valence-electron chi connectivity index (χ2n) is 6.21. The molecule has 0 saturated heterocycles. The van der Waals surface area contributed by atoms with E-state index in [0.29, 0.717) is 17.6 Å². The van der Waals surface area contributed by atoms with Crippen LogP contribution in [0.3, 0.4) is 0 Å². The number of ketones is 1. The molecular formula is C15H30O. The largest absolute Gasteiger partial charge is 0.299 e. The van der Waals surface area contributed by atoms with Crippen molar-refractivity contribution in [2.45, 2.75) is 67.2 Å². The number of carbonyl (C=O) groups is 1. The molecule has 0 fully saturated rings. The maximum atomic E-state index is 12.1. The summed E-state index contributed by atoms with van der Waals surface area (Å²) in [6.07, 6.45) is 4.61. The molecule has 0 bridgehead atoms. The number of rotatable bonds is 8. The first-order valence-electron chi connectivity index (χ1n) is 6.88. The van der Waals surface area contributed by atoms with Crippen molar-refractivity contribution >= 4 is 5.78 Å². The summed E-state index contributed by atoms with van der Waals surface area (Å²) >= 11 is 0. The Hall–Kier alpha value is -0.330. The van der Waals surface area contributed by atoms with Crippen LogP contribution in [0, 0.1) is 23.7 Å². The Bertz CT molecular complexity index is 192. The Morgan fingerprint density at radius 3 is 1.81 bits per heavy atom. The van der Waals surface area contributed by atoms with Gasteiger partial charge in [-0.1, -0.05) is 54.4 Å². The van der Waals surface area contributed by atoms with E-state index in [-0.39, 0.29) is 5.92 Å². The molecule has 0 aromatic carbocycles. The number of hydrogen-bond donors (Lipinski definition) is 0. The third-order valence-electron chi connectivity index (χ3n) is 3.06. The third kappa shape index (κ3) is 7.03. The molecule has 0 aromatic rings. The molecule has 16 heavy (non-hydrogen) atoms. The van der Waals surface area contributed by atoms with E-state index in [0.717, 1.165) is 18.8 Å². The average Bonchev–Trinajstić information content (AvgIpc) is 2.13. The zero-order chi connectivity index (χ0) is 12.7. The zero-order valence-corrected chi connectivity index (χ0v) is 12.0. The zero-order valence-electron chi connectivity index (χ0n) is 12.0. The lowest BCUT2D eigenvalue weighted by atomic mass is 9.84. The number of carbonyl (C=O) groups excluding carboxylic acids is 1. The SMILES string of the molecule is CC(C)CCC[C@H](CC(C)C)C(=O)C(C)C. The number of hydrogen-bond acceptors (Lipinski definition) is 1. The van der Waals surface area contributed by atoms with Crippen LogP contribution in [0.2, 0.25) is 0 Å². The van der Waals surface area contributed by atoms with Gasteiger partial charge in [0.2, 0.25) is 0 Å². The highest BCUT2D eigenvalue weighted by Gasteiger charge is 2.21. The molecule has 0 aromatic heterocycles. The summed E-state index contributed by atoms with van der Waals surface area (Å²) in [5, 5.41) is 0. The second kappa shape index (κ2) is 7.86. The minimum Gasteiger partial charge on any atom is -0.299 e. The summed E-state index contributed by atoms with van der Waals surface area (Å²) in [4.78, 5) is 12.1. The van der Waals surface area contributed by atoms with E-state index in [1.165, 1.54) is 12.8 Å². The molecule has 0 spiro atoms. The molecule has 0 radical (unpaired) electrons. The molecule has 0 aliphatic rings. The van der Waals surface area contributed by atoms with Crippen LogP contribution in [0.1, 0.15) is 67.2 Å². The van der Waals surface area contributed by atoms with Crippen molar-refractivity contribution in [1.82, 2.24) is 0 Å². The minimum atomic E-state index is 0.197. The first-order valence-corrected chi connectivity index (χ1v) is 6.88. The van der Waals surface area contributed by atoms with Crippen molar-refractivity contribution in [3.8, 4) is 0 Å². The fourth-order valence-electron chi connectivity index (χ4n) is 2.19. The predicted molar refractivity (Wildman–Crippen MR) is 71.5 cm³/mol. The third-order valence-corrected chi connectivity index (χ3v) is 3.06. The van der Waals surface area contributed by atoms with Gasteiger partial charge in [-0.05, 0) is 24.7 Å². The molecule has 1 nitrogen and oxygen atoms in total. The minimum absolute atomic E-state index is 0.197. The first kappa shape index (κ1) is 15.7. The van der Waals surface area contributed by atoms with Crippen molar-refractivity contribution in [1.29, 1.82) is 0 Å². The van der Waals surface area contributed by atoms with Gasteiger partial charge in [-0.3, -0.25) is 4.79 Å². The van der Waals surface area contributed by atoms with Crippen LogP contribution >= 0.6 is 0 Å². The van der Waals surface area contributed by atoms with E-state index in [1.54, 1.807) is 0 Å². The summed E-state index contributed by atoms with van der Waals surface area (Å²) in [5.41, 5.74) is 0. The van der Waals surface area contributed by atoms with Gasteiger partial charge in [0.15, 0.2) is 0 Å². The lowest BCUT2D eigenvalue weighted by molar-refractivity contribution is -0.126. The Morgan fingerprint density at radius 1 is 0.875 bits per heavy atom. The molecule has 0 saturated carbocycles. The molecular weight excluding hydrogens is 196 g/mol. The molecule has 0 aliphatic heterocycles. The summed E-state index contributed by atoms with van der Waals surface area (Å²) in [6, 6.07) is 0. The Labute approximate surface area is 102 Å². The fourth-order valence-corrected chi connectivity index (χ4v) is 2.19. The van der Waals surface area contributed by atoms with Crippen LogP contribution in [-0.4, -0.2) is 5.78 Å².